The van der Waals surface area contributed by atoms with Crippen LogP contribution in [0.5, 0.6) is 11.5 Å². The summed E-state index contributed by atoms with van der Waals surface area (Å²) in [6.07, 6.45) is 5.63. The Morgan fingerprint density at radius 2 is 1.65 bits per heavy atom. The average Bonchev–Trinajstić information content (AvgIpc) is 2.81. The number of nitrogens with zero attached hydrogens (tertiary/aromatic N) is 2. The number of esters is 1. The smallest absolute Gasteiger partial charge is 0.338 e. The minimum atomic E-state index is -0.753. The number of rotatable bonds is 7. The summed E-state index contributed by atoms with van der Waals surface area (Å²) >= 11 is 0. The highest BCUT2D eigenvalue weighted by molar-refractivity contribution is 5.87. The lowest BCUT2D eigenvalue weighted by atomic mass is 10.0. The summed E-state index contributed by atoms with van der Waals surface area (Å²) in [5.74, 6) is 0.595. The molecule has 158 valence electrons. The molecule has 1 unspecified atom stereocenters. The van der Waals surface area contributed by atoms with Gasteiger partial charge in [0.2, 0.25) is 5.91 Å². The standard InChI is InChI=1S/C25H24N2O4/c28-23-8-4-5-17-27(23)24(20-6-2-1-3-7-20)25(29)31-22-11-9-21(10-12-22)30-18-19-13-15-26-16-14-19/h1-3,6-7,9-16,24H,4-5,8,17-18H2. The number of hydrogen-bond acceptors (Lipinski definition) is 5. The molecule has 1 aliphatic rings. The third-order valence-electron chi connectivity index (χ3n) is 5.21. The predicted octanol–water partition coefficient (Wildman–Crippen LogP) is 4.32. The number of likely N-dealkylation sites (tertiary alicyclic amines) is 1. The van der Waals surface area contributed by atoms with Crippen molar-refractivity contribution >= 4 is 11.9 Å². The van der Waals surface area contributed by atoms with Crippen LogP contribution in [0.15, 0.2) is 79.1 Å². The van der Waals surface area contributed by atoms with Gasteiger partial charge in [-0.1, -0.05) is 30.3 Å². The molecule has 0 radical (unpaired) electrons. The van der Waals surface area contributed by atoms with Crippen molar-refractivity contribution in [2.24, 2.45) is 0 Å². The first-order valence-electron chi connectivity index (χ1n) is 10.4. The van der Waals surface area contributed by atoms with Gasteiger partial charge in [0.15, 0.2) is 6.04 Å². The van der Waals surface area contributed by atoms with Crippen LogP contribution in [0.2, 0.25) is 0 Å². The van der Waals surface area contributed by atoms with Crippen molar-refractivity contribution in [2.45, 2.75) is 31.9 Å². The average molecular weight is 416 g/mol. The van der Waals surface area contributed by atoms with Gasteiger partial charge in [0.05, 0.1) is 0 Å². The van der Waals surface area contributed by atoms with Crippen LogP contribution in [-0.4, -0.2) is 28.3 Å². The molecular formula is C25H24N2O4. The number of amides is 1. The van der Waals surface area contributed by atoms with Gasteiger partial charge in [-0.2, -0.15) is 0 Å². The second-order valence-corrected chi connectivity index (χ2v) is 7.39. The van der Waals surface area contributed by atoms with Gasteiger partial charge >= 0.3 is 5.97 Å². The highest BCUT2D eigenvalue weighted by Gasteiger charge is 2.34. The van der Waals surface area contributed by atoms with Crippen LogP contribution in [0, 0.1) is 0 Å². The maximum atomic E-state index is 13.1. The highest BCUT2D eigenvalue weighted by Crippen LogP contribution is 2.28. The highest BCUT2D eigenvalue weighted by atomic mass is 16.5. The van der Waals surface area contributed by atoms with Crippen molar-refractivity contribution in [1.29, 1.82) is 0 Å². The van der Waals surface area contributed by atoms with Gasteiger partial charge in [0, 0.05) is 25.4 Å². The van der Waals surface area contributed by atoms with Crippen LogP contribution in [0.25, 0.3) is 0 Å². The molecule has 0 N–H and O–H groups in total. The number of hydrogen-bond donors (Lipinski definition) is 0. The Morgan fingerprint density at radius 3 is 2.35 bits per heavy atom. The Morgan fingerprint density at radius 1 is 0.935 bits per heavy atom. The van der Waals surface area contributed by atoms with Crippen LogP contribution in [0.4, 0.5) is 0 Å². The molecule has 0 saturated carbocycles. The van der Waals surface area contributed by atoms with Crippen LogP contribution in [0.3, 0.4) is 0 Å². The summed E-state index contributed by atoms with van der Waals surface area (Å²) in [5.41, 5.74) is 1.77. The molecule has 1 fully saturated rings. The second-order valence-electron chi connectivity index (χ2n) is 7.39. The summed E-state index contributed by atoms with van der Waals surface area (Å²) in [6.45, 7) is 0.976. The topological polar surface area (TPSA) is 68.7 Å². The van der Waals surface area contributed by atoms with Gasteiger partial charge in [-0.15, -0.1) is 0 Å². The van der Waals surface area contributed by atoms with Gasteiger partial charge < -0.3 is 14.4 Å². The van der Waals surface area contributed by atoms with E-state index in [2.05, 4.69) is 4.98 Å². The van der Waals surface area contributed by atoms with Gasteiger partial charge in [-0.05, 0) is 60.4 Å². The molecule has 3 aromatic rings. The van der Waals surface area contributed by atoms with Crippen molar-refractivity contribution in [3.05, 3.63) is 90.3 Å². The molecule has 6 nitrogen and oxygen atoms in total. The monoisotopic (exact) mass is 416 g/mol. The molecule has 0 bridgehead atoms. The van der Waals surface area contributed by atoms with Crippen molar-refractivity contribution in [3.8, 4) is 11.5 Å². The van der Waals surface area contributed by atoms with E-state index in [1.54, 1.807) is 41.6 Å². The summed E-state index contributed by atoms with van der Waals surface area (Å²) in [7, 11) is 0. The maximum Gasteiger partial charge on any atom is 0.338 e. The minimum Gasteiger partial charge on any atom is -0.489 e. The molecule has 31 heavy (non-hydrogen) atoms. The predicted molar refractivity (Wildman–Crippen MR) is 115 cm³/mol. The Bertz CT molecular complexity index is 1010. The number of carbonyl (C=O) groups is 2. The summed E-state index contributed by atoms with van der Waals surface area (Å²) in [5, 5.41) is 0. The first kappa shape index (κ1) is 20.6. The molecule has 2 aromatic carbocycles. The van der Waals surface area contributed by atoms with Crippen molar-refractivity contribution in [2.75, 3.05) is 6.54 Å². The molecule has 0 spiro atoms. The van der Waals surface area contributed by atoms with Crippen LogP contribution in [-0.2, 0) is 16.2 Å². The maximum absolute atomic E-state index is 13.1. The Labute approximate surface area is 181 Å². The Hall–Kier alpha value is -3.67. The third kappa shape index (κ3) is 5.28. The van der Waals surface area contributed by atoms with Crippen molar-refractivity contribution < 1.29 is 19.1 Å². The Balaban J connectivity index is 1.45. The summed E-state index contributed by atoms with van der Waals surface area (Å²) in [6, 6.07) is 19.2. The first-order valence-corrected chi connectivity index (χ1v) is 10.4. The molecule has 6 heteroatoms. The van der Waals surface area contributed by atoms with E-state index >= 15 is 0 Å². The number of ether oxygens (including phenoxy) is 2. The lowest BCUT2D eigenvalue weighted by Crippen LogP contribution is -2.43. The zero-order valence-electron chi connectivity index (χ0n) is 17.1. The number of piperidine rings is 1. The first-order chi connectivity index (χ1) is 15.2. The van der Waals surface area contributed by atoms with E-state index in [4.69, 9.17) is 9.47 Å². The van der Waals surface area contributed by atoms with E-state index in [1.807, 2.05) is 42.5 Å². The molecule has 1 atom stereocenters. The number of carbonyl (C=O) groups excluding carboxylic acids is 2. The fourth-order valence-corrected chi connectivity index (χ4v) is 3.60. The molecule has 1 amide bonds. The van der Waals surface area contributed by atoms with E-state index in [1.165, 1.54) is 0 Å². The lowest BCUT2D eigenvalue weighted by molar-refractivity contribution is -0.150. The molecule has 4 rings (SSSR count). The normalized spacial score (nSPS) is 14.7. The molecule has 1 aliphatic heterocycles. The summed E-state index contributed by atoms with van der Waals surface area (Å²) < 4.78 is 11.4. The molecule has 0 aliphatic carbocycles. The molecular weight excluding hydrogens is 392 g/mol. The zero-order valence-corrected chi connectivity index (χ0v) is 17.1. The van der Waals surface area contributed by atoms with Crippen LogP contribution < -0.4 is 9.47 Å². The lowest BCUT2D eigenvalue weighted by Gasteiger charge is -2.33. The molecule has 1 aromatic heterocycles. The zero-order chi connectivity index (χ0) is 21.5. The van der Waals surface area contributed by atoms with Gasteiger partial charge in [-0.25, -0.2) is 4.79 Å². The van der Waals surface area contributed by atoms with Crippen LogP contribution >= 0.6 is 0 Å². The van der Waals surface area contributed by atoms with E-state index in [-0.39, 0.29) is 5.91 Å². The molecule has 1 saturated heterocycles. The van der Waals surface area contributed by atoms with E-state index in [9.17, 15) is 9.59 Å². The van der Waals surface area contributed by atoms with Crippen molar-refractivity contribution in [3.63, 3.8) is 0 Å². The third-order valence-corrected chi connectivity index (χ3v) is 5.21. The Kier molecular flexibility index (Phi) is 6.57. The number of benzene rings is 2. The van der Waals surface area contributed by atoms with Crippen molar-refractivity contribution in [1.82, 2.24) is 9.88 Å². The van der Waals surface area contributed by atoms with Gasteiger partial charge in [-0.3, -0.25) is 9.78 Å². The van der Waals surface area contributed by atoms with Gasteiger partial charge in [0.1, 0.15) is 18.1 Å². The van der Waals surface area contributed by atoms with E-state index in [0.29, 0.717) is 31.1 Å². The van der Waals surface area contributed by atoms with E-state index in [0.717, 1.165) is 24.0 Å². The minimum absolute atomic E-state index is 0.0167. The molecule has 2 heterocycles. The quantitative estimate of drug-likeness (QED) is 0.424. The number of aromatic nitrogens is 1. The summed E-state index contributed by atoms with van der Waals surface area (Å²) in [4.78, 5) is 31.2. The number of pyridine rings is 1. The largest absolute Gasteiger partial charge is 0.489 e. The fraction of sp³-hybridized carbons (Fsp3) is 0.240. The second kappa shape index (κ2) is 9.89. The van der Waals surface area contributed by atoms with Crippen LogP contribution in [0.1, 0.15) is 36.4 Å². The SMILES string of the molecule is O=C(Oc1ccc(OCc2ccncc2)cc1)C(c1ccccc1)N1CCCCC1=O. The van der Waals surface area contributed by atoms with Gasteiger partial charge in [0.25, 0.3) is 0 Å². The fourth-order valence-electron chi connectivity index (χ4n) is 3.60. The van der Waals surface area contributed by atoms with E-state index < -0.39 is 12.0 Å².